The van der Waals surface area contributed by atoms with Crippen molar-refractivity contribution < 1.29 is 9.59 Å². The van der Waals surface area contributed by atoms with Gasteiger partial charge in [-0.15, -0.1) is 11.8 Å². The van der Waals surface area contributed by atoms with Gasteiger partial charge < -0.3 is 10.2 Å². The number of nitrogens with one attached hydrogen (secondary N) is 1. The van der Waals surface area contributed by atoms with Gasteiger partial charge in [-0.05, 0) is 30.5 Å². The van der Waals surface area contributed by atoms with Crippen LogP contribution in [-0.2, 0) is 15.3 Å². The first-order chi connectivity index (χ1) is 11.5. The number of amides is 2. The van der Waals surface area contributed by atoms with Gasteiger partial charge in [0, 0.05) is 35.8 Å². The van der Waals surface area contributed by atoms with Gasteiger partial charge in [0.05, 0.1) is 5.75 Å². The zero-order valence-electron chi connectivity index (χ0n) is 14.3. The molecule has 0 saturated carbocycles. The molecule has 0 spiro atoms. The third-order valence-electron chi connectivity index (χ3n) is 4.05. The number of piperidine rings is 1. The number of rotatable bonds is 6. The molecule has 1 N–H and O–H groups in total. The molecular weight excluding hydrogens is 344 g/mol. The molecule has 2 amide bonds. The van der Waals surface area contributed by atoms with E-state index in [1.165, 1.54) is 0 Å². The summed E-state index contributed by atoms with van der Waals surface area (Å²) in [5.74, 6) is 1.45. The second-order valence-corrected chi connectivity index (χ2v) is 7.88. The second-order valence-electron chi connectivity index (χ2n) is 6.46. The lowest BCUT2D eigenvalue weighted by Crippen LogP contribution is -2.50. The van der Waals surface area contributed by atoms with Gasteiger partial charge >= 0.3 is 0 Å². The van der Waals surface area contributed by atoms with Crippen molar-refractivity contribution in [2.45, 2.75) is 38.5 Å². The maximum Gasteiger partial charge on any atom is 0.232 e. The van der Waals surface area contributed by atoms with Crippen molar-refractivity contribution in [3.05, 3.63) is 34.9 Å². The summed E-state index contributed by atoms with van der Waals surface area (Å²) in [6.45, 7) is 5.18. The van der Waals surface area contributed by atoms with E-state index in [1.54, 1.807) is 11.8 Å². The molecule has 2 rings (SSSR count). The summed E-state index contributed by atoms with van der Waals surface area (Å²) in [7, 11) is 0. The minimum Gasteiger partial charge on any atom is -0.351 e. The average Bonchev–Trinajstić information content (AvgIpc) is 2.56. The molecule has 1 aliphatic rings. The van der Waals surface area contributed by atoms with Crippen molar-refractivity contribution in [2.24, 2.45) is 5.92 Å². The maximum absolute atomic E-state index is 12.4. The van der Waals surface area contributed by atoms with Gasteiger partial charge in [-0.2, -0.15) is 0 Å². The monoisotopic (exact) mass is 368 g/mol. The molecule has 1 aromatic carbocycles. The van der Waals surface area contributed by atoms with Gasteiger partial charge in [0.15, 0.2) is 0 Å². The number of benzene rings is 1. The van der Waals surface area contributed by atoms with Crippen LogP contribution < -0.4 is 5.32 Å². The Labute approximate surface area is 153 Å². The van der Waals surface area contributed by atoms with Gasteiger partial charge in [0.2, 0.25) is 11.8 Å². The van der Waals surface area contributed by atoms with Crippen molar-refractivity contribution in [3.63, 3.8) is 0 Å². The Morgan fingerprint density at radius 1 is 1.33 bits per heavy atom. The van der Waals surface area contributed by atoms with E-state index in [1.807, 2.05) is 43.0 Å². The molecule has 1 aliphatic heterocycles. The molecular formula is C18H25ClN2O2S. The fourth-order valence-electron chi connectivity index (χ4n) is 2.62. The van der Waals surface area contributed by atoms with Crippen LogP contribution in [0.15, 0.2) is 24.3 Å². The molecule has 0 aliphatic carbocycles. The Hall–Kier alpha value is -1.20. The normalized spacial score (nSPS) is 17.8. The van der Waals surface area contributed by atoms with E-state index in [0.29, 0.717) is 12.3 Å². The number of halogens is 1. The lowest BCUT2D eigenvalue weighted by Gasteiger charge is -2.33. The molecule has 24 heavy (non-hydrogen) atoms. The predicted octanol–water partition coefficient (Wildman–Crippen LogP) is 3.34. The summed E-state index contributed by atoms with van der Waals surface area (Å²) in [5.41, 5.74) is 1.16. The molecule has 0 aromatic heterocycles. The van der Waals surface area contributed by atoms with E-state index in [2.05, 4.69) is 5.32 Å². The Morgan fingerprint density at radius 2 is 2.04 bits per heavy atom. The molecule has 0 radical (unpaired) electrons. The third kappa shape index (κ3) is 6.02. The van der Waals surface area contributed by atoms with Crippen LogP contribution in [0, 0.1) is 5.92 Å². The SMILES string of the molecule is CC(C)C(=O)NC1CCCN(C(=O)CSCc2ccc(Cl)cc2)C1. The fraction of sp³-hybridized carbons (Fsp3) is 0.556. The summed E-state index contributed by atoms with van der Waals surface area (Å²) < 4.78 is 0. The third-order valence-corrected chi connectivity index (χ3v) is 5.29. The van der Waals surface area contributed by atoms with Crippen LogP contribution in [0.3, 0.4) is 0 Å². The minimum atomic E-state index is -0.0222. The number of nitrogens with zero attached hydrogens (tertiary/aromatic N) is 1. The van der Waals surface area contributed by atoms with Crippen molar-refractivity contribution >= 4 is 35.2 Å². The fourth-order valence-corrected chi connectivity index (χ4v) is 3.63. The highest BCUT2D eigenvalue weighted by Gasteiger charge is 2.25. The predicted molar refractivity (Wildman–Crippen MR) is 100 cm³/mol. The van der Waals surface area contributed by atoms with E-state index < -0.39 is 0 Å². The first kappa shape index (κ1) is 19.1. The standard InChI is InChI=1S/C18H25ClN2O2S/c1-13(2)18(23)20-16-4-3-9-21(10-16)17(22)12-24-11-14-5-7-15(19)8-6-14/h5-8,13,16H,3-4,9-12H2,1-2H3,(H,20,23). The molecule has 6 heteroatoms. The average molecular weight is 369 g/mol. The van der Waals surface area contributed by atoms with Gasteiger partial charge in [0.1, 0.15) is 0 Å². The summed E-state index contributed by atoms with van der Waals surface area (Å²) in [6, 6.07) is 7.78. The number of hydrogen-bond acceptors (Lipinski definition) is 3. The Kier molecular flexibility index (Phi) is 7.43. The lowest BCUT2D eigenvalue weighted by molar-refractivity contribution is -0.131. The minimum absolute atomic E-state index is 0.0222. The van der Waals surface area contributed by atoms with E-state index in [4.69, 9.17) is 11.6 Å². The molecule has 4 nitrogen and oxygen atoms in total. The molecule has 1 atom stereocenters. The summed E-state index contributed by atoms with van der Waals surface area (Å²) in [5, 5.41) is 3.76. The highest BCUT2D eigenvalue weighted by Crippen LogP contribution is 2.17. The molecule has 1 heterocycles. The number of hydrogen-bond donors (Lipinski definition) is 1. The van der Waals surface area contributed by atoms with Gasteiger partial charge in [-0.3, -0.25) is 9.59 Å². The van der Waals surface area contributed by atoms with E-state index in [9.17, 15) is 9.59 Å². The van der Waals surface area contributed by atoms with E-state index >= 15 is 0 Å². The zero-order valence-corrected chi connectivity index (χ0v) is 15.8. The molecule has 1 saturated heterocycles. The van der Waals surface area contributed by atoms with Crippen LogP contribution in [0.1, 0.15) is 32.3 Å². The van der Waals surface area contributed by atoms with Gasteiger partial charge in [-0.1, -0.05) is 37.6 Å². The zero-order chi connectivity index (χ0) is 17.5. The summed E-state index contributed by atoms with van der Waals surface area (Å²) in [4.78, 5) is 26.1. The van der Waals surface area contributed by atoms with Crippen molar-refractivity contribution in [1.82, 2.24) is 10.2 Å². The number of carbonyl (C=O) groups excluding carboxylic acids is 2. The van der Waals surface area contributed by atoms with Crippen LogP contribution in [0.4, 0.5) is 0 Å². The molecule has 1 fully saturated rings. The number of likely N-dealkylation sites (tertiary alicyclic amines) is 1. The maximum atomic E-state index is 12.4. The van der Waals surface area contributed by atoms with Gasteiger partial charge in [0.25, 0.3) is 0 Å². The van der Waals surface area contributed by atoms with Crippen molar-refractivity contribution in [1.29, 1.82) is 0 Å². The smallest absolute Gasteiger partial charge is 0.232 e. The van der Waals surface area contributed by atoms with Crippen LogP contribution in [0.5, 0.6) is 0 Å². The number of thioether (sulfide) groups is 1. The highest BCUT2D eigenvalue weighted by atomic mass is 35.5. The summed E-state index contributed by atoms with van der Waals surface area (Å²) in [6.07, 6.45) is 1.89. The van der Waals surface area contributed by atoms with Crippen LogP contribution >= 0.6 is 23.4 Å². The molecule has 1 aromatic rings. The Balaban J connectivity index is 1.75. The van der Waals surface area contributed by atoms with E-state index in [-0.39, 0.29) is 23.8 Å². The second kappa shape index (κ2) is 9.33. The molecule has 1 unspecified atom stereocenters. The van der Waals surface area contributed by atoms with Crippen LogP contribution in [-0.4, -0.2) is 41.6 Å². The first-order valence-corrected chi connectivity index (χ1v) is 9.89. The molecule has 0 bridgehead atoms. The largest absolute Gasteiger partial charge is 0.351 e. The van der Waals surface area contributed by atoms with Gasteiger partial charge in [-0.25, -0.2) is 0 Å². The van der Waals surface area contributed by atoms with Crippen LogP contribution in [0.25, 0.3) is 0 Å². The summed E-state index contributed by atoms with van der Waals surface area (Å²) >= 11 is 7.48. The van der Waals surface area contributed by atoms with Crippen LogP contribution in [0.2, 0.25) is 5.02 Å². The lowest BCUT2D eigenvalue weighted by atomic mass is 10.0. The Bertz CT molecular complexity index is 563. The quantitative estimate of drug-likeness (QED) is 0.837. The molecule has 132 valence electrons. The topological polar surface area (TPSA) is 49.4 Å². The Morgan fingerprint density at radius 3 is 2.71 bits per heavy atom. The van der Waals surface area contributed by atoms with Crippen molar-refractivity contribution in [2.75, 3.05) is 18.8 Å². The van der Waals surface area contributed by atoms with Crippen molar-refractivity contribution in [3.8, 4) is 0 Å². The van der Waals surface area contributed by atoms with E-state index in [0.717, 1.165) is 35.7 Å². The highest BCUT2D eigenvalue weighted by molar-refractivity contribution is 7.99. The first-order valence-electron chi connectivity index (χ1n) is 8.36. The number of carbonyl (C=O) groups is 2.